The van der Waals surface area contributed by atoms with Crippen LogP contribution in [0.1, 0.15) is 12.0 Å². The molecule has 1 aliphatic heterocycles. The smallest absolute Gasteiger partial charge is 0.296 e. The average molecular weight is 283 g/mol. The van der Waals surface area contributed by atoms with Crippen molar-refractivity contribution < 1.29 is 17.4 Å². The molecular weight excluding hydrogens is 266 g/mol. The third-order valence-electron chi connectivity index (χ3n) is 3.19. The van der Waals surface area contributed by atoms with E-state index in [2.05, 4.69) is 0 Å². The summed E-state index contributed by atoms with van der Waals surface area (Å²) < 4.78 is 28.9. The number of likely N-dealkylation sites (tertiary alicyclic amines) is 1. The van der Waals surface area contributed by atoms with Crippen molar-refractivity contribution in [2.45, 2.75) is 18.2 Å². The van der Waals surface area contributed by atoms with Gasteiger partial charge in [-0.05, 0) is 19.1 Å². The van der Waals surface area contributed by atoms with Gasteiger partial charge in [-0.1, -0.05) is 17.7 Å². The number of hydrogen-bond donors (Lipinski definition) is 0. The molecule has 0 aromatic heterocycles. The minimum Gasteiger partial charge on any atom is -0.345 e. The van der Waals surface area contributed by atoms with E-state index in [1.165, 1.54) is 12.1 Å². The maximum atomic E-state index is 11.9. The largest absolute Gasteiger partial charge is 0.345 e. The second-order valence-electron chi connectivity index (χ2n) is 4.90. The molecule has 5 nitrogen and oxygen atoms in total. The highest BCUT2D eigenvalue weighted by Crippen LogP contribution is 2.19. The first kappa shape index (κ1) is 14.0. The molecule has 1 unspecified atom stereocenters. The van der Waals surface area contributed by atoms with Crippen LogP contribution in [0.5, 0.6) is 0 Å². The maximum Gasteiger partial charge on any atom is 0.296 e. The molecular formula is C13H17NO4S. The Balaban J connectivity index is 1.99. The number of aryl methyl sites for hydroxylation is 1. The standard InChI is InChI=1S/C13H17NO4S/c1-10-3-5-12(6-4-10)19(16,17)18-9-11-7-13(15)14(2)8-11/h3-6,11H,7-9H2,1-2H3. The molecule has 1 fully saturated rings. The Kier molecular flexibility index (Phi) is 3.91. The highest BCUT2D eigenvalue weighted by atomic mass is 32.2. The third-order valence-corrected chi connectivity index (χ3v) is 4.49. The van der Waals surface area contributed by atoms with Crippen molar-refractivity contribution in [3.05, 3.63) is 29.8 Å². The fraction of sp³-hybridized carbons (Fsp3) is 0.462. The van der Waals surface area contributed by atoms with Crippen LogP contribution >= 0.6 is 0 Å². The molecule has 1 saturated heterocycles. The van der Waals surface area contributed by atoms with Gasteiger partial charge < -0.3 is 4.90 Å². The predicted molar refractivity (Wildman–Crippen MR) is 70.1 cm³/mol. The number of rotatable bonds is 4. The van der Waals surface area contributed by atoms with Crippen molar-refractivity contribution in [2.75, 3.05) is 20.2 Å². The van der Waals surface area contributed by atoms with Gasteiger partial charge in [0, 0.05) is 25.9 Å². The summed E-state index contributed by atoms with van der Waals surface area (Å²) in [4.78, 5) is 13.1. The summed E-state index contributed by atoms with van der Waals surface area (Å²) in [5.74, 6) is -0.0287. The van der Waals surface area contributed by atoms with Crippen LogP contribution in [0, 0.1) is 12.8 Å². The Morgan fingerprint density at radius 1 is 1.32 bits per heavy atom. The molecule has 0 spiro atoms. The summed E-state index contributed by atoms with van der Waals surface area (Å²) >= 11 is 0. The van der Waals surface area contributed by atoms with Gasteiger partial charge in [0.1, 0.15) is 0 Å². The molecule has 1 aliphatic rings. The Morgan fingerprint density at radius 3 is 2.47 bits per heavy atom. The minimum atomic E-state index is -3.73. The van der Waals surface area contributed by atoms with E-state index in [1.807, 2.05) is 6.92 Å². The molecule has 1 aromatic carbocycles. The SMILES string of the molecule is Cc1ccc(S(=O)(=O)OCC2CC(=O)N(C)C2)cc1. The van der Waals surface area contributed by atoms with E-state index in [9.17, 15) is 13.2 Å². The second-order valence-corrected chi connectivity index (χ2v) is 6.51. The molecule has 6 heteroatoms. The van der Waals surface area contributed by atoms with Crippen LogP contribution < -0.4 is 0 Å². The predicted octanol–water partition coefficient (Wildman–Crippen LogP) is 1.18. The highest BCUT2D eigenvalue weighted by molar-refractivity contribution is 7.86. The molecule has 1 heterocycles. The van der Waals surface area contributed by atoms with Gasteiger partial charge >= 0.3 is 0 Å². The summed E-state index contributed by atoms with van der Waals surface area (Å²) in [6, 6.07) is 6.50. The lowest BCUT2D eigenvalue weighted by atomic mass is 10.1. The summed E-state index contributed by atoms with van der Waals surface area (Å²) in [6.07, 6.45) is 0.347. The summed E-state index contributed by atoms with van der Waals surface area (Å²) in [5.41, 5.74) is 0.988. The van der Waals surface area contributed by atoms with Crippen LogP contribution in [-0.4, -0.2) is 39.4 Å². The fourth-order valence-electron chi connectivity index (χ4n) is 2.03. The van der Waals surface area contributed by atoms with Gasteiger partial charge in [0.25, 0.3) is 10.1 Å². The zero-order valence-electron chi connectivity index (χ0n) is 11.0. The van der Waals surface area contributed by atoms with Crippen molar-refractivity contribution >= 4 is 16.0 Å². The average Bonchev–Trinajstić information content (AvgIpc) is 2.67. The van der Waals surface area contributed by atoms with Gasteiger partial charge in [0.05, 0.1) is 11.5 Å². The lowest BCUT2D eigenvalue weighted by Gasteiger charge is -2.11. The number of hydrogen-bond acceptors (Lipinski definition) is 4. The van der Waals surface area contributed by atoms with E-state index < -0.39 is 10.1 Å². The number of carbonyl (C=O) groups excluding carboxylic acids is 1. The number of nitrogens with zero attached hydrogens (tertiary/aromatic N) is 1. The molecule has 0 saturated carbocycles. The van der Waals surface area contributed by atoms with E-state index in [1.54, 1.807) is 24.1 Å². The first-order valence-electron chi connectivity index (χ1n) is 6.08. The number of carbonyl (C=O) groups is 1. The molecule has 0 N–H and O–H groups in total. The van der Waals surface area contributed by atoms with Crippen LogP contribution in [-0.2, 0) is 19.1 Å². The van der Waals surface area contributed by atoms with Crippen molar-refractivity contribution in [3.63, 3.8) is 0 Å². The summed E-state index contributed by atoms with van der Waals surface area (Å²) in [6.45, 7) is 2.48. The molecule has 1 atom stereocenters. The van der Waals surface area contributed by atoms with Crippen molar-refractivity contribution in [3.8, 4) is 0 Å². The molecule has 104 valence electrons. The van der Waals surface area contributed by atoms with E-state index in [0.717, 1.165) is 5.56 Å². The van der Waals surface area contributed by atoms with Crippen LogP contribution in [0.2, 0.25) is 0 Å². The molecule has 1 amide bonds. The van der Waals surface area contributed by atoms with Crippen molar-refractivity contribution in [1.82, 2.24) is 4.90 Å². The van der Waals surface area contributed by atoms with Gasteiger partial charge in [-0.25, -0.2) is 0 Å². The molecule has 2 rings (SSSR count). The topological polar surface area (TPSA) is 63.7 Å². The summed E-state index contributed by atoms with van der Waals surface area (Å²) in [5, 5.41) is 0. The molecule has 0 bridgehead atoms. The molecule has 0 aliphatic carbocycles. The quantitative estimate of drug-likeness (QED) is 0.778. The van der Waals surface area contributed by atoms with E-state index in [4.69, 9.17) is 4.18 Å². The van der Waals surface area contributed by atoms with Crippen LogP contribution in [0.15, 0.2) is 29.2 Å². The Bertz CT molecular complexity index is 565. The Morgan fingerprint density at radius 2 is 1.95 bits per heavy atom. The second kappa shape index (κ2) is 5.30. The van der Waals surface area contributed by atoms with Gasteiger partial charge in [-0.15, -0.1) is 0 Å². The summed E-state index contributed by atoms with van der Waals surface area (Å²) in [7, 11) is -2.02. The number of benzene rings is 1. The molecule has 1 aromatic rings. The van der Waals surface area contributed by atoms with Gasteiger partial charge in [-0.2, -0.15) is 8.42 Å². The van der Waals surface area contributed by atoms with E-state index in [-0.39, 0.29) is 23.3 Å². The Hall–Kier alpha value is -1.40. The van der Waals surface area contributed by atoms with E-state index in [0.29, 0.717) is 13.0 Å². The van der Waals surface area contributed by atoms with Gasteiger partial charge in [0.2, 0.25) is 5.91 Å². The maximum absolute atomic E-state index is 11.9. The van der Waals surface area contributed by atoms with Gasteiger partial charge in [-0.3, -0.25) is 8.98 Å². The lowest BCUT2D eigenvalue weighted by molar-refractivity contribution is -0.126. The monoisotopic (exact) mass is 283 g/mol. The first-order chi connectivity index (χ1) is 8.88. The van der Waals surface area contributed by atoms with Crippen LogP contribution in [0.25, 0.3) is 0 Å². The zero-order valence-corrected chi connectivity index (χ0v) is 11.8. The van der Waals surface area contributed by atoms with Crippen molar-refractivity contribution in [1.29, 1.82) is 0 Å². The highest BCUT2D eigenvalue weighted by Gasteiger charge is 2.28. The van der Waals surface area contributed by atoms with Crippen LogP contribution in [0.4, 0.5) is 0 Å². The molecule has 0 radical (unpaired) electrons. The number of amides is 1. The van der Waals surface area contributed by atoms with E-state index >= 15 is 0 Å². The van der Waals surface area contributed by atoms with Crippen molar-refractivity contribution in [2.24, 2.45) is 5.92 Å². The zero-order chi connectivity index (χ0) is 14.0. The molecule has 19 heavy (non-hydrogen) atoms. The Labute approximate surface area is 113 Å². The first-order valence-corrected chi connectivity index (χ1v) is 7.49. The van der Waals surface area contributed by atoms with Crippen LogP contribution in [0.3, 0.4) is 0 Å². The minimum absolute atomic E-state index is 0.0290. The fourth-order valence-corrected chi connectivity index (χ4v) is 3.00. The lowest BCUT2D eigenvalue weighted by Crippen LogP contribution is -2.20. The van der Waals surface area contributed by atoms with Gasteiger partial charge in [0.15, 0.2) is 0 Å². The third kappa shape index (κ3) is 3.33. The normalized spacial score (nSPS) is 20.0.